The molecule has 76 valence electrons. The first-order valence-corrected chi connectivity index (χ1v) is 5.31. The number of carbonyl (C=O) groups excluding carboxylic acids is 1. The van der Waals surface area contributed by atoms with Crippen LogP contribution in [0, 0.1) is 6.92 Å². The molecule has 1 aromatic heterocycles. The third kappa shape index (κ3) is 1.21. The van der Waals surface area contributed by atoms with Gasteiger partial charge < -0.3 is 4.42 Å². The van der Waals surface area contributed by atoms with Gasteiger partial charge in [0.1, 0.15) is 11.3 Å². The Kier molecular flexibility index (Phi) is 1.72. The molecule has 1 aromatic carbocycles. The number of carbonyl (C=O) groups is 1. The summed E-state index contributed by atoms with van der Waals surface area (Å²) in [5.74, 6) is 1.12. The van der Waals surface area contributed by atoms with E-state index in [1.807, 2.05) is 25.1 Å². The van der Waals surface area contributed by atoms with Crippen LogP contribution in [-0.2, 0) is 6.42 Å². The van der Waals surface area contributed by atoms with Gasteiger partial charge in [0.25, 0.3) is 0 Å². The van der Waals surface area contributed by atoms with E-state index in [2.05, 4.69) is 0 Å². The van der Waals surface area contributed by atoms with Gasteiger partial charge in [-0.25, -0.2) is 0 Å². The smallest absolute Gasteiger partial charge is 0.167 e. The highest BCUT2D eigenvalue weighted by molar-refractivity contribution is 6.09. The molecule has 0 spiro atoms. The van der Waals surface area contributed by atoms with Crippen molar-refractivity contribution in [1.82, 2.24) is 0 Å². The van der Waals surface area contributed by atoms with Gasteiger partial charge in [-0.3, -0.25) is 4.79 Å². The summed E-state index contributed by atoms with van der Waals surface area (Å²) in [5, 5.41) is 0.995. The van der Waals surface area contributed by atoms with Gasteiger partial charge in [0.15, 0.2) is 5.78 Å². The van der Waals surface area contributed by atoms with Crippen LogP contribution in [0.2, 0.25) is 0 Å². The first-order chi connectivity index (χ1) is 7.25. The first-order valence-electron chi connectivity index (χ1n) is 5.31. The highest BCUT2D eigenvalue weighted by atomic mass is 16.3. The third-order valence-electron chi connectivity index (χ3n) is 3.00. The summed E-state index contributed by atoms with van der Waals surface area (Å²) in [4.78, 5) is 11.8. The van der Waals surface area contributed by atoms with Crippen LogP contribution in [-0.4, -0.2) is 5.78 Å². The van der Waals surface area contributed by atoms with Crippen LogP contribution < -0.4 is 0 Å². The molecule has 0 bridgehead atoms. The SMILES string of the molecule is Cc1ccc2oc3c(c2c1)C(=O)CCC3. The van der Waals surface area contributed by atoms with Crippen LogP contribution in [0.5, 0.6) is 0 Å². The maximum Gasteiger partial charge on any atom is 0.167 e. The van der Waals surface area contributed by atoms with Crippen LogP contribution in [0.4, 0.5) is 0 Å². The molecular weight excluding hydrogens is 188 g/mol. The van der Waals surface area contributed by atoms with E-state index in [0.29, 0.717) is 6.42 Å². The van der Waals surface area contributed by atoms with E-state index in [1.54, 1.807) is 0 Å². The second-order valence-electron chi connectivity index (χ2n) is 4.18. The molecule has 2 aromatic rings. The molecule has 0 radical (unpaired) electrons. The number of rotatable bonds is 0. The van der Waals surface area contributed by atoms with Crippen molar-refractivity contribution in [3.63, 3.8) is 0 Å². The van der Waals surface area contributed by atoms with Crippen molar-refractivity contribution in [3.05, 3.63) is 35.1 Å². The van der Waals surface area contributed by atoms with Crippen LogP contribution in [0.25, 0.3) is 11.0 Å². The molecule has 0 unspecified atom stereocenters. The second-order valence-corrected chi connectivity index (χ2v) is 4.18. The lowest BCUT2D eigenvalue weighted by molar-refractivity contribution is 0.0971. The number of ketones is 1. The number of aryl methyl sites for hydroxylation is 2. The molecule has 2 nitrogen and oxygen atoms in total. The lowest BCUT2D eigenvalue weighted by Gasteiger charge is -2.07. The lowest BCUT2D eigenvalue weighted by atomic mass is 9.94. The van der Waals surface area contributed by atoms with E-state index < -0.39 is 0 Å². The predicted molar refractivity (Wildman–Crippen MR) is 58.2 cm³/mol. The average Bonchev–Trinajstić information content (AvgIpc) is 2.57. The van der Waals surface area contributed by atoms with E-state index in [4.69, 9.17) is 4.42 Å². The maximum atomic E-state index is 11.8. The van der Waals surface area contributed by atoms with Gasteiger partial charge in [0.2, 0.25) is 0 Å². The summed E-state index contributed by atoms with van der Waals surface area (Å²) in [6.07, 6.45) is 2.48. The van der Waals surface area contributed by atoms with Crippen molar-refractivity contribution in [3.8, 4) is 0 Å². The molecule has 1 heterocycles. The molecule has 0 saturated heterocycles. The zero-order valence-electron chi connectivity index (χ0n) is 8.67. The average molecular weight is 200 g/mol. The molecule has 1 aliphatic carbocycles. The number of benzene rings is 1. The Bertz CT molecular complexity index is 549. The molecule has 3 rings (SSSR count). The summed E-state index contributed by atoms with van der Waals surface area (Å²) in [5.41, 5.74) is 2.85. The van der Waals surface area contributed by atoms with Crippen molar-refractivity contribution in [2.75, 3.05) is 0 Å². The lowest BCUT2D eigenvalue weighted by Crippen LogP contribution is -2.08. The number of furan rings is 1. The largest absolute Gasteiger partial charge is 0.460 e. The summed E-state index contributed by atoms with van der Waals surface area (Å²) >= 11 is 0. The zero-order chi connectivity index (χ0) is 10.4. The quantitative estimate of drug-likeness (QED) is 0.653. The Hall–Kier alpha value is -1.57. The maximum absolute atomic E-state index is 11.8. The Morgan fingerprint density at radius 1 is 1.27 bits per heavy atom. The van der Waals surface area contributed by atoms with E-state index in [1.165, 1.54) is 5.56 Å². The highest BCUT2D eigenvalue weighted by Gasteiger charge is 2.24. The minimum absolute atomic E-state index is 0.237. The molecule has 0 atom stereocenters. The van der Waals surface area contributed by atoms with Crippen molar-refractivity contribution in [1.29, 1.82) is 0 Å². The Morgan fingerprint density at radius 2 is 2.13 bits per heavy atom. The topological polar surface area (TPSA) is 30.2 Å². The number of hydrogen-bond donors (Lipinski definition) is 0. The normalized spacial score (nSPS) is 15.7. The second kappa shape index (κ2) is 2.96. The molecule has 1 aliphatic rings. The van der Waals surface area contributed by atoms with Gasteiger partial charge in [-0.1, -0.05) is 11.6 Å². The van der Waals surface area contributed by atoms with Crippen molar-refractivity contribution in [2.24, 2.45) is 0 Å². The molecule has 0 N–H and O–H groups in total. The third-order valence-corrected chi connectivity index (χ3v) is 3.00. The van der Waals surface area contributed by atoms with Gasteiger partial charge >= 0.3 is 0 Å². The summed E-state index contributed by atoms with van der Waals surface area (Å²) in [6.45, 7) is 2.03. The minimum atomic E-state index is 0.237. The van der Waals surface area contributed by atoms with Crippen molar-refractivity contribution in [2.45, 2.75) is 26.2 Å². The molecule has 0 aliphatic heterocycles. The van der Waals surface area contributed by atoms with E-state index >= 15 is 0 Å². The molecule has 15 heavy (non-hydrogen) atoms. The van der Waals surface area contributed by atoms with Gasteiger partial charge in [-0.15, -0.1) is 0 Å². The zero-order valence-corrected chi connectivity index (χ0v) is 8.67. The Balaban J connectivity index is 2.38. The van der Waals surface area contributed by atoms with Crippen molar-refractivity contribution < 1.29 is 9.21 Å². The number of fused-ring (bicyclic) bond motifs is 3. The summed E-state index contributed by atoms with van der Waals surface area (Å²) < 4.78 is 5.70. The van der Waals surface area contributed by atoms with E-state index in [9.17, 15) is 4.79 Å². The first kappa shape index (κ1) is 8.72. The fraction of sp³-hybridized carbons (Fsp3) is 0.308. The van der Waals surface area contributed by atoms with Crippen LogP contribution in [0.3, 0.4) is 0 Å². The number of hydrogen-bond acceptors (Lipinski definition) is 2. The Labute approximate surface area is 87.9 Å². The monoisotopic (exact) mass is 200 g/mol. The minimum Gasteiger partial charge on any atom is -0.460 e. The number of Topliss-reactive ketones (excluding diaryl/α,β-unsaturated/α-hetero) is 1. The van der Waals surface area contributed by atoms with Crippen molar-refractivity contribution >= 4 is 16.8 Å². The van der Waals surface area contributed by atoms with Crippen LogP contribution in [0.1, 0.15) is 34.5 Å². The van der Waals surface area contributed by atoms with E-state index in [-0.39, 0.29) is 5.78 Å². The van der Waals surface area contributed by atoms with E-state index in [0.717, 1.165) is 35.1 Å². The highest BCUT2D eigenvalue weighted by Crippen LogP contribution is 2.32. The fourth-order valence-electron chi connectivity index (χ4n) is 2.28. The summed E-state index contributed by atoms with van der Waals surface area (Å²) in [6, 6.07) is 6.01. The van der Waals surface area contributed by atoms with Gasteiger partial charge in [-0.05, 0) is 25.5 Å². The predicted octanol–water partition coefficient (Wildman–Crippen LogP) is 3.26. The standard InChI is InChI=1S/C13H12O2/c1-8-5-6-11-9(7-8)13-10(14)3-2-4-12(13)15-11/h5-7H,2-4H2,1H3. The van der Waals surface area contributed by atoms with Crippen LogP contribution >= 0.6 is 0 Å². The van der Waals surface area contributed by atoms with Gasteiger partial charge in [0.05, 0.1) is 5.56 Å². The van der Waals surface area contributed by atoms with Crippen LogP contribution in [0.15, 0.2) is 22.6 Å². The molecule has 0 fully saturated rings. The molecule has 0 amide bonds. The van der Waals surface area contributed by atoms with Gasteiger partial charge in [-0.2, -0.15) is 0 Å². The molecule has 0 saturated carbocycles. The fourth-order valence-corrected chi connectivity index (χ4v) is 2.28. The Morgan fingerprint density at radius 3 is 3.00 bits per heavy atom. The molecule has 2 heteroatoms. The summed E-state index contributed by atoms with van der Waals surface area (Å²) in [7, 11) is 0. The molecular formula is C13H12O2. The van der Waals surface area contributed by atoms with Gasteiger partial charge in [0, 0.05) is 18.2 Å².